The van der Waals surface area contributed by atoms with E-state index < -0.39 is 0 Å². The Morgan fingerprint density at radius 3 is 3.13 bits per heavy atom. The van der Waals surface area contributed by atoms with Crippen molar-refractivity contribution in [1.82, 2.24) is 30.3 Å². The molecule has 1 aliphatic rings. The van der Waals surface area contributed by atoms with E-state index in [4.69, 9.17) is 4.74 Å². The summed E-state index contributed by atoms with van der Waals surface area (Å²) in [5, 5.41) is 13.7. The van der Waals surface area contributed by atoms with Gasteiger partial charge in [-0.2, -0.15) is 0 Å². The van der Waals surface area contributed by atoms with Gasteiger partial charge in [0.25, 0.3) is 0 Å². The first-order valence-corrected chi connectivity index (χ1v) is 7.80. The van der Waals surface area contributed by atoms with Gasteiger partial charge >= 0.3 is 6.03 Å². The average Bonchev–Trinajstić information content (AvgIpc) is 2.88. The number of ether oxygens (including phenoxy) is 1. The lowest BCUT2D eigenvalue weighted by Gasteiger charge is -2.23. The molecule has 1 fully saturated rings. The van der Waals surface area contributed by atoms with Crippen LogP contribution in [0.5, 0.6) is 0 Å². The molecule has 1 saturated heterocycles. The van der Waals surface area contributed by atoms with E-state index in [-0.39, 0.29) is 18.0 Å². The van der Waals surface area contributed by atoms with Gasteiger partial charge in [-0.05, 0) is 13.3 Å². The number of hydrogen-bond acceptors (Lipinski definition) is 5. The molecule has 1 atom stereocenters. The number of amides is 3. The zero-order valence-corrected chi connectivity index (χ0v) is 13.6. The molecular weight excluding hydrogens is 300 g/mol. The van der Waals surface area contributed by atoms with Crippen LogP contribution in [0, 0.1) is 0 Å². The van der Waals surface area contributed by atoms with Crippen LogP contribution in [0.1, 0.15) is 31.6 Å². The number of aryl methyl sites for hydroxylation is 1. The Labute approximate surface area is 135 Å². The van der Waals surface area contributed by atoms with Gasteiger partial charge in [-0.25, -0.2) is 4.79 Å². The van der Waals surface area contributed by atoms with Gasteiger partial charge in [0.15, 0.2) is 5.82 Å². The SMILES string of the molecule is COCCCn1cnnc1[C@@H](C)NC(=O)N1CCNC(=O)CC1. The van der Waals surface area contributed by atoms with Crippen molar-refractivity contribution in [3.63, 3.8) is 0 Å². The maximum absolute atomic E-state index is 12.3. The first-order chi connectivity index (χ1) is 11.1. The Balaban J connectivity index is 1.90. The maximum Gasteiger partial charge on any atom is 0.318 e. The summed E-state index contributed by atoms with van der Waals surface area (Å²) in [4.78, 5) is 25.3. The lowest BCUT2D eigenvalue weighted by atomic mass is 10.3. The summed E-state index contributed by atoms with van der Waals surface area (Å²) in [6.07, 6.45) is 2.83. The van der Waals surface area contributed by atoms with Crippen molar-refractivity contribution in [2.24, 2.45) is 0 Å². The Kier molecular flexibility index (Phi) is 6.33. The fourth-order valence-corrected chi connectivity index (χ4v) is 2.46. The summed E-state index contributed by atoms with van der Waals surface area (Å²) in [5.41, 5.74) is 0. The number of carbonyl (C=O) groups excluding carboxylic acids is 2. The van der Waals surface area contributed by atoms with E-state index in [2.05, 4.69) is 20.8 Å². The number of hydrogen-bond donors (Lipinski definition) is 2. The molecule has 1 aromatic rings. The molecule has 0 spiro atoms. The van der Waals surface area contributed by atoms with E-state index in [1.165, 1.54) is 0 Å². The lowest BCUT2D eigenvalue weighted by molar-refractivity contribution is -0.120. The van der Waals surface area contributed by atoms with Crippen molar-refractivity contribution in [1.29, 1.82) is 0 Å². The Bertz CT molecular complexity index is 532. The first kappa shape index (κ1) is 17.2. The molecule has 2 N–H and O–H groups in total. The highest BCUT2D eigenvalue weighted by Crippen LogP contribution is 2.10. The molecule has 0 aliphatic carbocycles. The van der Waals surface area contributed by atoms with E-state index in [1.807, 2.05) is 11.5 Å². The third kappa shape index (κ3) is 4.92. The third-order valence-electron chi connectivity index (χ3n) is 3.72. The second kappa shape index (κ2) is 8.47. The highest BCUT2D eigenvalue weighted by Gasteiger charge is 2.22. The number of nitrogens with zero attached hydrogens (tertiary/aromatic N) is 4. The molecular formula is C14H24N6O3. The normalized spacial score (nSPS) is 16.6. The Morgan fingerprint density at radius 1 is 1.52 bits per heavy atom. The summed E-state index contributed by atoms with van der Waals surface area (Å²) >= 11 is 0. The molecule has 23 heavy (non-hydrogen) atoms. The van der Waals surface area contributed by atoms with Gasteiger partial charge < -0.3 is 24.8 Å². The van der Waals surface area contributed by atoms with Gasteiger partial charge in [0.05, 0.1) is 6.04 Å². The lowest BCUT2D eigenvalue weighted by Crippen LogP contribution is -2.43. The largest absolute Gasteiger partial charge is 0.385 e. The Hall–Kier alpha value is -2.16. The molecule has 9 heteroatoms. The fourth-order valence-electron chi connectivity index (χ4n) is 2.46. The monoisotopic (exact) mass is 324 g/mol. The number of nitrogens with one attached hydrogen (secondary N) is 2. The number of aromatic nitrogens is 3. The van der Waals surface area contributed by atoms with Crippen LogP contribution >= 0.6 is 0 Å². The van der Waals surface area contributed by atoms with Gasteiger partial charge in [0.1, 0.15) is 6.33 Å². The standard InChI is InChI=1S/C14H24N6O3/c1-11(13-18-16-10-20(13)6-3-9-23-2)17-14(22)19-7-4-12(21)15-5-8-19/h10-11H,3-9H2,1-2H3,(H,15,21)(H,17,22)/t11-/m1/s1. The molecule has 3 amide bonds. The maximum atomic E-state index is 12.3. The number of urea groups is 1. The summed E-state index contributed by atoms with van der Waals surface area (Å²) < 4.78 is 6.96. The molecule has 0 aromatic carbocycles. The van der Waals surface area contributed by atoms with Gasteiger partial charge in [-0.15, -0.1) is 10.2 Å². The summed E-state index contributed by atoms with van der Waals surface area (Å²) in [5.74, 6) is 0.685. The minimum atomic E-state index is -0.264. The van der Waals surface area contributed by atoms with Gasteiger partial charge in [0.2, 0.25) is 5.91 Å². The smallest absolute Gasteiger partial charge is 0.318 e. The topological polar surface area (TPSA) is 101 Å². The second-order valence-corrected chi connectivity index (χ2v) is 5.49. The van der Waals surface area contributed by atoms with E-state index in [0.717, 1.165) is 13.0 Å². The molecule has 2 rings (SSSR count). The third-order valence-corrected chi connectivity index (χ3v) is 3.72. The molecule has 9 nitrogen and oxygen atoms in total. The molecule has 128 valence electrons. The van der Waals surface area contributed by atoms with Crippen LogP contribution < -0.4 is 10.6 Å². The fraction of sp³-hybridized carbons (Fsp3) is 0.714. The van der Waals surface area contributed by atoms with Crippen LogP contribution in [0.3, 0.4) is 0 Å². The molecule has 0 unspecified atom stereocenters. The van der Waals surface area contributed by atoms with Gasteiger partial charge in [-0.1, -0.05) is 0 Å². The van der Waals surface area contributed by atoms with Crippen LogP contribution in [0.25, 0.3) is 0 Å². The van der Waals surface area contributed by atoms with Crippen LogP contribution in [-0.2, 0) is 16.1 Å². The Morgan fingerprint density at radius 2 is 2.35 bits per heavy atom. The van der Waals surface area contributed by atoms with Crippen LogP contribution in [0.4, 0.5) is 4.79 Å². The van der Waals surface area contributed by atoms with E-state index >= 15 is 0 Å². The number of methoxy groups -OCH3 is 1. The van der Waals surface area contributed by atoms with Gasteiger partial charge in [0, 0.05) is 46.3 Å². The minimum Gasteiger partial charge on any atom is -0.385 e. The molecule has 0 radical (unpaired) electrons. The first-order valence-electron chi connectivity index (χ1n) is 7.80. The zero-order valence-electron chi connectivity index (χ0n) is 13.6. The zero-order chi connectivity index (χ0) is 16.7. The summed E-state index contributed by atoms with van der Waals surface area (Å²) in [6, 6.07) is -0.458. The molecule has 2 heterocycles. The van der Waals surface area contributed by atoms with E-state index in [0.29, 0.717) is 38.5 Å². The minimum absolute atomic E-state index is 0.0220. The quantitative estimate of drug-likeness (QED) is 0.712. The molecule has 1 aromatic heterocycles. The number of carbonyl (C=O) groups is 2. The van der Waals surface area contributed by atoms with Crippen molar-refractivity contribution in [3.8, 4) is 0 Å². The van der Waals surface area contributed by atoms with Crippen LogP contribution in [0.2, 0.25) is 0 Å². The van der Waals surface area contributed by atoms with Crippen molar-refractivity contribution in [2.45, 2.75) is 32.4 Å². The van der Waals surface area contributed by atoms with E-state index in [1.54, 1.807) is 18.3 Å². The highest BCUT2D eigenvalue weighted by molar-refractivity contribution is 5.79. The predicted octanol–water partition coefficient (Wildman–Crippen LogP) is -0.0929. The van der Waals surface area contributed by atoms with Crippen molar-refractivity contribution in [2.75, 3.05) is 33.4 Å². The molecule has 0 saturated carbocycles. The predicted molar refractivity (Wildman–Crippen MR) is 82.7 cm³/mol. The highest BCUT2D eigenvalue weighted by atomic mass is 16.5. The number of rotatable bonds is 6. The van der Waals surface area contributed by atoms with Gasteiger partial charge in [-0.3, -0.25) is 4.79 Å². The van der Waals surface area contributed by atoms with Crippen molar-refractivity contribution in [3.05, 3.63) is 12.2 Å². The summed E-state index contributed by atoms with van der Waals surface area (Å²) in [6.45, 7) is 4.67. The van der Waals surface area contributed by atoms with Crippen molar-refractivity contribution < 1.29 is 14.3 Å². The van der Waals surface area contributed by atoms with E-state index in [9.17, 15) is 9.59 Å². The van der Waals surface area contributed by atoms with Crippen molar-refractivity contribution >= 4 is 11.9 Å². The second-order valence-electron chi connectivity index (χ2n) is 5.49. The average molecular weight is 324 g/mol. The summed E-state index contributed by atoms with van der Waals surface area (Å²) in [7, 11) is 1.66. The van der Waals surface area contributed by atoms with Crippen LogP contribution in [0.15, 0.2) is 6.33 Å². The molecule has 1 aliphatic heterocycles. The van der Waals surface area contributed by atoms with Crippen LogP contribution in [-0.4, -0.2) is 65.0 Å². The molecule has 0 bridgehead atoms.